The van der Waals surface area contributed by atoms with Crippen molar-refractivity contribution < 1.29 is 13.9 Å². The number of hydrogen-bond acceptors (Lipinski definition) is 8. The summed E-state index contributed by atoms with van der Waals surface area (Å²) >= 11 is 0. The molecule has 3 N–H and O–H groups in total. The Morgan fingerprint density at radius 1 is 1.29 bits per heavy atom. The number of aromatic amines is 1. The average molecular weight is 462 g/mol. The van der Waals surface area contributed by atoms with E-state index in [-0.39, 0.29) is 12.0 Å². The molecule has 34 heavy (non-hydrogen) atoms. The molecule has 0 spiro atoms. The predicted octanol–water partition coefficient (Wildman–Crippen LogP) is 3.71. The fraction of sp³-hybridized carbons (Fsp3) is 0.304. The lowest BCUT2D eigenvalue weighted by molar-refractivity contribution is 0.0904. The van der Waals surface area contributed by atoms with Gasteiger partial charge in [0, 0.05) is 50.3 Å². The largest absolute Gasteiger partial charge is 0.495 e. The summed E-state index contributed by atoms with van der Waals surface area (Å²) in [6, 6.07) is 7.01. The molecule has 0 unspecified atom stereocenters. The van der Waals surface area contributed by atoms with Crippen molar-refractivity contribution in [2.45, 2.75) is 18.9 Å². The first-order chi connectivity index (χ1) is 16.6. The Morgan fingerprint density at radius 2 is 2.12 bits per heavy atom. The molecule has 1 fully saturated rings. The summed E-state index contributed by atoms with van der Waals surface area (Å²) in [7, 11) is 3.26. The lowest BCUT2D eigenvalue weighted by Gasteiger charge is -2.24. The molecule has 0 bridgehead atoms. The van der Waals surface area contributed by atoms with Gasteiger partial charge in [0.05, 0.1) is 29.4 Å². The van der Waals surface area contributed by atoms with Gasteiger partial charge in [-0.05, 0) is 25.0 Å². The Balaban J connectivity index is 1.53. The van der Waals surface area contributed by atoms with Crippen molar-refractivity contribution in [3.63, 3.8) is 0 Å². The monoisotopic (exact) mass is 462 g/mol. The third kappa shape index (κ3) is 3.99. The van der Waals surface area contributed by atoms with E-state index in [0.29, 0.717) is 58.3 Å². The van der Waals surface area contributed by atoms with Crippen molar-refractivity contribution in [3.8, 4) is 23.1 Å². The minimum Gasteiger partial charge on any atom is -0.495 e. The van der Waals surface area contributed by atoms with E-state index >= 15 is 4.39 Å². The average Bonchev–Trinajstić information content (AvgIpc) is 3.46. The van der Waals surface area contributed by atoms with Gasteiger partial charge < -0.3 is 25.1 Å². The highest BCUT2D eigenvalue weighted by Crippen LogP contribution is 2.35. The molecule has 11 heteroatoms. The highest BCUT2D eigenvalue weighted by Gasteiger charge is 2.21. The number of hydrogen-bond donors (Lipinski definition) is 3. The number of nitrogens with one attached hydrogen (secondary N) is 3. The number of rotatable bonds is 6. The summed E-state index contributed by atoms with van der Waals surface area (Å²) in [6.45, 7) is 1.32. The van der Waals surface area contributed by atoms with Gasteiger partial charge >= 0.3 is 0 Å². The third-order valence-corrected chi connectivity index (χ3v) is 5.85. The van der Waals surface area contributed by atoms with Crippen LogP contribution in [0.3, 0.4) is 0 Å². The SMILES string of the molecule is COc1cc(-c2ccnn2C)c(F)cc1Nc1nc(NC2CCOCC2)c2c(C#N)c[nH]c2n1. The maximum atomic E-state index is 15.1. The Kier molecular flexibility index (Phi) is 5.73. The van der Waals surface area contributed by atoms with E-state index in [1.54, 1.807) is 36.3 Å². The van der Waals surface area contributed by atoms with Crippen LogP contribution in [0.2, 0.25) is 0 Å². The quantitative estimate of drug-likeness (QED) is 0.396. The normalized spacial score (nSPS) is 14.2. The molecule has 0 atom stereocenters. The highest BCUT2D eigenvalue weighted by molar-refractivity contribution is 5.93. The van der Waals surface area contributed by atoms with E-state index in [1.165, 1.54) is 13.2 Å². The summed E-state index contributed by atoms with van der Waals surface area (Å²) in [5.41, 5.74) is 2.30. The molecule has 3 aromatic heterocycles. The maximum absolute atomic E-state index is 15.1. The van der Waals surface area contributed by atoms with E-state index in [9.17, 15) is 5.26 Å². The minimum atomic E-state index is -0.444. The van der Waals surface area contributed by atoms with Gasteiger partial charge in [-0.3, -0.25) is 4.68 Å². The van der Waals surface area contributed by atoms with Crippen LogP contribution < -0.4 is 15.4 Å². The van der Waals surface area contributed by atoms with Crippen molar-refractivity contribution in [3.05, 3.63) is 42.0 Å². The lowest BCUT2D eigenvalue weighted by atomic mass is 10.1. The van der Waals surface area contributed by atoms with Crippen LogP contribution in [-0.2, 0) is 11.8 Å². The van der Waals surface area contributed by atoms with Crippen LogP contribution >= 0.6 is 0 Å². The Labute approximate surface area is 194 Å². The Bertz CT molecular complexity index is 1380. The first-order valence-electron chi connectivity index (χ1n) is 10.8. The molecule has 1 aliphatic rings. The number of fused-ring (bicyclic) bond motifs is 1. The maximum Gasteiger partial charge on any atom is 0.231 e. The minimum absolute atomic E-state index is 0.159. The van der Waals surface area contributed by atoms with Crippen LogP contribution in [0.1, 0.15) is 18.4 Å². The predicted molar refractivity (Wildman–Crippen MR) is 125 cm³/mol. The van der Waals surface area contributed by atoms with Crippen molar-refractivity contribution in [1.82, 2.24) is 24.7 Å². The molecule has 1 aliphatic heterocycles. The first kappa shape index (κ1) is 21.7. The number of anilines is 3. The van der Waals surface area contributed by atoms with Gasteiger partial charge in [0.1, 0.15) is 29.1 Å². The summed E-state index contributed by atoms with van der Waals surface area (Å²) in [6.07, 6.45) is 4.86. The van der Waals surface area contributed by atoms with Gasteiger partial charge in [-0.2, -0.15) is 20.3 Å². The number of benzene rings is 1. The lowest BCUT2D eigenvalue weighted by Crippen LogP contribution is -2.28. The number of H-pyrrole nitrogens is 1. The van der Waals surface area contributed by atoms with Crippen molar-refractivity contribution in [2.75, 3.05) is 31.0 Å². The van der Waals surface area contributed by atoms with Crippen LogP contribution in [0.5, 0.6) is 5.75 Å². The number of nitrogens with zero attached hydrogens (tertiary/aromatic N) is 5. The molecule has 0 saturated carbocycles. The van der Waals surface area contributed by atoms with Crippen LogP contribution in [0.25, 0.3) is 22.3 Å². The van der Waals surface area contributed by atoms with E-state index in [1.807, 2.05) is 0 Å². The molecule has 0 radical (unpaired) electrons. The summed E-state index contributed by atoms with van der Waals surface area (Å²) in [5, 5.41) is 20.8. The summed E-state index contributed by atoms with van der Waals surface area (Å²) < 4.78 is 27.6. The number of halogens is 1. The first-order valence-corrected chi connectivity index (χ1v) is 10.8. The van der Waals surface area contributed by atoms with Gasteiger partial charge in [-0.15, -0.1) is 0 Å². The topological polar surface area (TPSA) is 126 Å². The second kappa shape index (κ2) is 8.99. The molecule has 4 heterocycles. The number of aromatic nitrogens is 5. The van der Waals surface area contributed by atoms with E-state index < -0.39 is 5.82 Å². The van der Waals surface area contributed by atoms with Crippen molar-refractivity contribution in [2.24, 2.45) is 7.05 Å². The number of methoxy groups -OCH3 is 1. The van der Waals surface area contributed by atoms with Crippen molar-refractivity contribution in [1.29, 1.82) is 5.26 Å². The van der Waals surface area contributed by atoms with Crippen LogP contribution in [0, 0.1) is 17.1 Å². The summed E-state index contributed by atoms with van der Waals surface area (Å²) in [4.78, 5) is 12.1. The number of nitriles is 1. The molecule has 1 saturated heterocycles. The van der Waals surface area contributed by atoms with Gasteiger partial charge in [0.2, 0.25) is 5.95 Å². The molecule has 0 aliphatic carbocycles. The van der Waals surface area contributed by atoms with Crippen LogP contribution in [-0.4, -0.2) is 51.1 Å². The van der Waals surface area contributed by atoms with E-state index in [2.05, 4.69) is 36.8 Å². The third-order valence-electron chi connectivity index (χ3n) is 5.85. The van der Waals surface area contributed by atoms with Crippen LogP contribution in [0.4, 0.5) is 21.8 Å². The zero-order valence-electron chi connectivity index (χ0n) is 18.7. The summed E-state index contributed by atoms with van der Waals surface area (Å²) in [5.74, 6) is 0.743. The van der Waals surface area contributed by atoms with Gasteiger partial charge in [0.15, 0.2) is 0 Å². The fourth-order valence-electron chi connectivity index (χ4n) is 4.09. The van der Waals surface area contributed by atoms with Gasteiger partial charge in [-0.1, -0.05) is 0 Å². The van der Waals surface area contributed by atoms with Gasteiger partial charge in [-0.25, -0.2) is 4.39 Å². The molecule has 4 aromatic rings. The fourth-order valence-corrected chi connectivity index (χ4v) is 4.09. The molecule has 10 nitrogen and oxygen atoms in total. The smallest absolute Gasteiger partial charge is 0.231 e. The zero-order chi connectivity index (χ0) is 23.7. The van der Waals surface area contributed by atoms with E-state index in [0.717, 1.165) is 12.8 Å². The molecule has 5 rings (SSSR count). The zero-order valence-corrected chi connectivity index (χ0v) is 18.7. The molecular weight excluding hydrogens is 439 g/mol. The van der Waals surface area contributed by atoms with Gasteiger partial charge in [0.25, 0.3) is 0 Å². The number of ether oxygens (including phenoxy) is 2. The standard InChI is InChI=1S/C23H23FN8O2/c1-32-18(3-6-27-32)15-9-19(33-2)17(10-16(15)24)29-23-30-21-20(13(11-25)12-26-21)22(31-23)28-14-4-7-34-8-5-14/h3,6,9-10,12,14H,4-5,7-8H2,1-2H3,(H3,26,28,29,30,31). The second-order valence-corrected chi connectivity index (χ2v) is 7.96. The molecule has 0 amide bonds. The highest BCUT2D eigenvalue weighted by atomic mass is 19.1. The van der Waals surface area contributed by atoms with E-state index in [4.69, 9.17) is 9.47 Å². The Morgan fingerprint density at radius 3 is 2.82 bits per heavy atom. The molecular formula is C23H23FN8O2. The van der Waals surface area contributed by atoms with Crippen LogP contribution in [0.15, 0.2) is 30.6 Å². The second-order valence-electron chi connectivity index (χ2n) is 7.96. The Hall–Kier alpha value is -4.17. The molecule has 1 aromatic carbocycles. The number of aryl methyl sites for hydroxylation is 1. The molecule has 174 valence electrons. The van der Waals surface area contributed by atoms with Crippen molar-refractivity contribution >= 4 is 28.5 Å².